The minimum absolute atomic E-state index is 0.273. The van der Waals surface area contributed by atoms with Gasteiger partial charge in [-0.25, -0.2) is 0 Å². The molecule has 1 saturated heterocycles. The number of nitrogens with one attached hydrogen (secondary N) is 1. The van der Waals surface area contributed by atoms with Crippen molar-refractivity contribution in [3.8, 4) is 0 Å². The van der Waals surface area contributed by atoms with Crippen LogP contribution in [0.1, 0.15) is 30.2 Å². The van der Waals surface area contributed by atoms with Gasteiger partial charge in [-0.1, -0.05) is 51.8 Å². The topological polar surface area (TPSA) is 58.6 Å². The molecule has 5 atom stereocenters. The minimum atomic E-state index is -4.80. The van der Waals surface area contributed by atoms with Gasteiger partial charge in [0.05, 0.1) is 18.6 Å². The molecule has 0 saturated carbocycles. The molecule has 0 bridgehead atoms. The Morgan fingerprint density at radius 3 is 2.27 bits per heavy atom. The van der Waals surface area contributed by atoms with Gasteiger partial charge in [0.2, 0.25) is 0 Å². The summed E-state index contributed by atoms with van der Waals surface area (Å²) in [7, 11) is 1.04. The Kier molecular flexibility index (Phi) is 6.53. The number of rotatable bonds is 4. The molecule has 2 aromatic carbocycles. The lowest BCUT2D eigenvalue weighted by Gasteiger charge is -2.39. The van der Waals surface area contributed by atoms with Crippen LogP contribution in [0, 0.1) is 11.3 Å². The summed E-state index contributed by atoms with van der Waals surface area (Å²) in [6.45, 7) is 0.949. The number of aliphatic hydroxyl groups is 1. The van der Waals surface area contributed by atoms with E-state index >= 15 is 0 Å². The van der Waals surface area contributed by atoms with E-state index in [2.05, 4.69) is 26.0 Å². The quantitative estimate of drug-likeness (QED) is 0.559. The van der Waals surface area contributed by atoms with Crippen LogP contribution in [-0.4, -0.2) is 30.4 Å². The summed E-state index contributed by atoms with van der Waals surface area (Å²) < 4.78 is 48.8. The summed E-state index contributed by atoms with van der Waals surface area (Å²) >= 11 is 9.19. The van der Waals surface area contributed by atoms with Gasteiger partial charge in [-0.3, -0.25) is 10.1 Å². The van der Waals surface area contributed by atoms with Crippen LogP contribution in [-0.2, 0) is 9.53 Å². The average molecular weight is 507 g/mol. The van der Waals surface area contributed by atoms with Crippen molar-refractivity contribution < 1.29 is 27.8 Å². The summed E-state index contributed by atoms with van der Waals surface area (Å²) in [5, 5.41) is 14.3. The fourth-order valence-electron chi connectivity index (χ4n) is 4.13. The first-order chi connectivity index (χ1) is 14.0. The molecule has 0 aromatic heterocycles. The van der Waals surface area contributed by atoms with Crippen LogP contribution >= 0.6 is 27.5 Å². The van der Waals surface area contributed by atoms with Gasteiger partial charge in [-0.2, -0.15) is 13.2 Å². The molecule has 3 rings (SSSR count). The van der Waals surface area contributed by atoms with E-state index < -0.39 is 41.7 Å². The molecule has 162 valence electrons. The van der Waals surface area contributed by atoms with Gasteiger partial charge in [-0.05, 0) is 42.3 Å². The molecule has 9 heteroatoms. The van der Waals surface area contributed by atoms with Crippen LogP contribution in [0.25, 0.3) is 0 Å². The number of carbonyl (C=O) groups is 1. The number of ether oxygens (including phenoxy) is 1. The number of aliphatic hydroxyl groups excluding tert-OH is 1. The lowest BCUT2D eigenvalue weighted by Crippen LogP contribution is -2.53. The normalized spacial score (nSPS) is 27.7. The maximum Gasteiger partial charge on any atom is 0.396 e. The predicted molar refractivity (Wildman–Crippen MR) is 110 cm³/mol. The predicted octanol–water partition coefficient (Wildman–Crippen LogP) is 5.21. The summed E-state index contributed by atoms with van der Waals surface area (Å²) in [6, 6.07) is 10.0. The maximum absolute atomic E-state index is 14.4. The van der Waals surface area contributed by atoms with E-state index in [0.29, 0.717) is 10.6 Å². The van der Waals surface area contributed by atoms with Crippen molar-refractivity contribution in [2.45, 2.75) is 31.3 Å². The Hall–Kier alpha value is -1.61. The largest absolute Gasteiger partial charge is 0.468 e. The van der Waals surface area contributed by atoms with Crippen molar-refractivity contribution in [2.24, 2.45) is 11.3 Å². The van der Waals surface area contributed by atoms with Gasteiger partial charge in [0, 0.05) is 21.5 Å². The number of methoxy groups -OCH3 is 1. The maximum atomic E-state index is 14.4. The lowest BCUT2D eigenvalue weighted by molar-refractivity contribution is -0.247. The molecular weight excluding hydrogens is 487 g/mol. The van der Waals surface area contributed by atoms with Crippen molar-refractivity contribution in [3.63, 3.8) is 0 Å². The van der Waals surface area contributed by atoms with Crippen molar-refractivity contribution in [1.82, 2.24) is 5.32 Å². The smallest absolute Gasteiger partial charge is 0.396 e. The zero-order valence-corrected chi connectivity index (χ0v) is 18.4. The number of hydrogen-bond acceptors (Lipinski definition) is 4. The van der Waals surface area contributed by atoms with Crippen molar-refractivity contribution in [2.75, 3.05) is 7.11 Å². The minimum Gasteiger partial charge on any atom is -0.468 e. The van der Waals surface area contributed by atoms with Gasteiger partial charge in [-0.15, -0.1) is 0 Å². The van der Waals surface area contributed by atoms with Crippen LogP contribution in [0.5, 0.6) is 0 Å². The highest BCUT2D eigenvalue weighted by molar-refractivity contribution is 9.10. The third-order valence-electron chi connectivity index (χ3n) is 5.83. The standard InChI is InChI=1S/C21H20BrClF3NO3/c1-20(21(24,25)26)15(17(28)12-5-9-14(23)10-6-12)16(27-18(20)19(29)30-2)11-3-7-13(22)8-4-11/h3-10,15-18,27-28H,1-2H3/t15-,16+,17-,18-,20-/m1/s1. The number of alkyl halides is 3. The fourth-order valence-corrected chi connectivity index (χ4v) is 4.52. The zero-order chi connectivity index (χ0) is 22.3. The van der Waals surface area contributed by atoms with E-state index in [1.165, 1.54) is 24.3 Å². The lowest BCUT2D eigenvalue weighted by atomic mass is 9.67. The Morgan fingerprint density at radius 2 is 1.77 bits per heavy atom. The summed E-state index contributed by atoms with van der Waals surface area (Å²) in [5.41, 5.74) is -1.82. The average Bonchev–Trinajstić information content (AvgIpc) is 3.02. The highest BCUT2D eigenvalue weighted by Crippen LogP contribution is 2.59. The molecule has 1 aliphatic heterocycles. The van der Waals surface area contributed by atoms with Gasteiger partial charge in [0.15, 0.2) is 0 Å². The van der Waals surface area contributed by atoms with E-state index in [1.807, 2.05) is 0 Å². The SMILES string of the molecule is COC(=O)[C@H]1N[C@@H](c2ccc(Br)cc2)[C@H]([C@H](O)c2ccc(Cl)cc2)[C@@]1(C)C(F)(F)F. The molecule has 4 nitrogen and oxygen atoms in total. The number of carbonyl (C=O) groups excluding carboxylic acids is 1. The van der Waals surface area contributed by atoms with E-state index in [-0.39, 0.29) is 5.56 Å². The van der Waals surface area contributed by atoms with Crippen molar-refractivity contribution in [3.05, 3.63) is 69.2 Å². The Labute approximate surface area is 185 Å². The van der Waals surface area contributed by atoms with E-state index in [1.54, 1.807) is 24.3 Å². The molecule has 2 N–H and O–H groups in total. The van der Waals surface area contributed by atoms with Gasteiger partial charge in [0.1, 0.15) is 6.04 Å². The third kappa shape index (κ3) is 3.98. The van der Waals surface area contributed by atoms with E-state index in [0.717, 1.165) is 18.5 Å². The second-order valence-corrected chi connectivity index (χ2v) is 8.81. The zero-order valence-electron chi connectivity index (χ0n) is 16.1. The Bertz CT molecular complexity index is 907. The van der Waals surface area contributed by atoms with E-state index in [9.17, 15) is 23.1 Å². The number of benzene rings is 2. The van der Waals surface area contributed by atoms with Crippen LogP contribution < -0.4 is 5.32 Å². The van der Waals surface area contributed by atoms with Crippen LogP contribution in [0.15, 0.2) is 53.0 Å². The molecule has 1 aliphatic rings. The second-order valence-electron chi connectivity index (χ2n) is 7.45. The Balaban J connectivity index is 2.18. The molecule has 2 aromatic rings. The van der Waals surface area contributed by atoms with Crippen LogP contribution in [0.3, 0.4) is 0 Å². The molecule has 0 spiro atoms. The monoisotopic (exact) mass is 505 g/mol. The molecular formula is C21H20BrClF3NO3. The molecule has 1 heterocycles. The summed E-state index contributed by atoms with van der Waals surface area (Å²) in [5.74, 6) is -2.45. The fraction of sp³-hybridized carbons (Fsp3) is 0.381. The van der Waals surface area contributed by atoms with E-state index in [4.69, 9.17) is 11.6 Å². The highest BCUT2D eigenvalue weighted by atomic mass is 79.9. The Morgan fingerprint density at radius 1 is 1.20 bits per heavy atom. The van der Waals surface area contributed by atoms with Gasteiger partial charge < -0.3 is 9.84 Å². The van der Waals surface area contributed by atoms with Crippen LogP contribution in [0.2, 0.25) is 5.02 Å². The third-order valence-corrected chi connectivity index (χ3v) is 6.61. The molecule has 0 aliphatic carbocycles. The van der Waals surface area contributed by atoms with Gasteiger partial charge in [0.25, 0.3) is 0 Å². The molecule has 0 radical (unpaired) electrons. The number of halogens is 5. The summed E-state index contributed by atoms with van der Waals surface area (Å²) in [6.07, 6.45) is -6.33. The molecule has 1 fully saturated rings. The molecule has 30 heavy (non-hydrogen) atoms. The second kappa shape index (κ2) is 8.49. The highest BCUT2D eigenvalue weighted by Gasteiger charge is 2.70. The summed E-state index contributed by atoms with van der Waals surface area (Å²) in [4.78, 5) is 12.4. The van der Waals surface area contributed by atoms with Crippen molar-refractivity contribution >= 4 is 33.5 Å². The molecule has 0 amide bonds. The van der Waals surface area contributed by atoms with Crippen molar-refractivity contribution in [1.29, 1.82) is 0 Å². The first-order valence-corrected chi connectivity index (χ1v) is 10.3. The first-order valence-electron chi connectivity index (χ1n) is 9.10. The first kappa shape index (κ1) is 23.1. The number of hydrogen-bond donors (Lipinski definition) is 2. The van der Waals surface area contributed by atoms with Crippen LogP contribution in [0.4, 0.5) is 13.2 Å². The molecule has 0 unspecified atom stereocenters. The van der Waals surface area contributed by atoms with Gasteiger partial charge >= 0.3 is 12.1 Å². The number of esters is 1.